The summed E-state index contributed by atoms with van der Waals surface area (Å²) in [6.45, 7) is 16.5. The molecule has 50 heavy (non-hydrogen) atoms. The minimum Gasteiger partial charge on any atom is -0.370 e. The number of carbonyl (C=O) groups excluding carboxylic acids is 1. The van der Waals surface area contributed by atoms with Crippen molar-refractivity contribution in [3.8, 4) is 5.69 Å². The summed E-state index contributed by atoms with van der Waals surface area (Å²) in [5.74, 6) is 0.123. The molecule has 2 aromatic carbocycles. The van der Waals surface area contributed by atoms with Crippen molar-refractivity contribution in [1.82, 2.24) is 25.2 Å². The predicted octanol–water partition coefficient (Wildman–Crippen LogP) is 4.24. The SMILES string of the molecule is CC(C)(C)c1cc(CCCCN)cc(CCNC(N)=O)c1.CC(C)(C)c1cc2cn(-c3ccc(CNCCCN=C(N)N)cc3)c(=O)nc2[nH]1. The van der Waals surface area contributed by atoms with E-state index in [1.54, 1.807) is 4.57 Å². The van der Waals surface area contributed by atoms with Crippen LogP contribution in [0.1, 0.15) is 88.8 Å². The third-order valence-corrected chi connectivity index (χ3v) is 8.22. The molecule has 0 unspecified atom stereocenters. The highest BCUT2D eigenvalue weighted by Crippen LogP contribution is 2.26. The van der Waals surface area contributed by atoms with E-state index in [4.69, 9.17) is 22.9 Å². The predicted molar refractivity (Wildman–Crippen MR) is 206 cm³/mol. The number of H-pyrrole nitrogens is 1. The van der Waals surface area contributed by atoms with Gasteiger partial charge in [0.2, 0.25) is 0 Å². The first kappa shape index (κ1) is 39.8. The number of fused-ring (bicyclic) bond motifs is 1. The van der Waals surface area contributed by atoms with Gasteiger partial charge in [0.05, 0.1) is 5.69 Å². The Hall–Kier alpha value is -4.68. The number of nitrogens with two attached hydrogens (primary N) is 4. The molecule has 0 radical (unpaired) electrons. The summed E-state index contributed by atoms with van der Waals surface area (Å²) < 4.78 is 1.58. The van der Waals surface area contributed by atoms with E-state index in [1.807, 2.05) is 30.5 Å². The lowest BCUT2D eigenvalue weighted by molar-refractivity contribution is 0.249. The van der Waals surface area contributed by atoms with Gasteiger partial charge in [0.25, 0.3) is 0 Å². The van der Waals surface area contributed by atoms with Crippen LogP contribution in [0, 0.1) is 0 Å². The lowest BCUT2D eigenvalue weighted by atomic mass is 9.84. The Morgan fingerprint density at radius 2 is 1.54 bits per heavy atom. The van der Waals surface area contributed by atoms with Gasteiger partial charge in [-0.1, -0.05) is 71.9 Å². The molecule has 0 aliphatic rings. The number of nitrogens with zero attached hydrogens (tertiary/aromatic N) is 3. The highest BCUT2D eigenvalue weighted by Gasteiger charge is 2.18. The number of urea groups is 1. The first-order valence-corrected chi connectivity index (χ1v) is 17.4. The standard InChI is InChI=1S/C21H29N7O.C17H29N3O/c1-21(2,3)17-11-15-13-28(20(29)27-18(15)26-17)16-7-5-14(6-8-16)12-24-9-4-10-25-19(22)23;1-17(2,3)15-11-13(6-4-5-8-18)10-14(12-15)7-9-20-16(19)21/h5-8,11,13,24H,4,9-10,12H2,1-3H3,(H4,22,23,25)(H,26,27,29);10-12H,4-9,18H2,1-3H3,(H3,19,20,21). The van der Waals surface area contributed by atoms with E-state index in [-0.39, 0.29) is 22.5 Å². The molecule has 0 spiro atoms. The van der Waals surface area contributed by atoms with Crippen LogP contribution in [0.2, 0.25) is 0 Å². The molecule has 4 rings (SSSR count). The molecular formula is C38H58N10O2. The average molecular weight is 687 g/mol. The number of benzene rings is 2. The minimum absolute atomic E-state index is 0.0352. The van der Waals surface area contributed by atoms with Crippen molar-refractivity contribution < 1.29 is 4.79 Å². The molecular weight excluding hydrogens is 628 g/mol. The molecule has 2 heterocycles. The third-order valence-electron chi connectivity index (χ3n) is 8.22. The van der Waals surface area contributed by atoms with Crippen LogP contribution in [0.5, 0.6) is 0 Å². The molecule has 2 amide bonds. The van der Waals surface area contributed by atoms with Crippen LogP contribution in [-0.2, 0) is 30.2 Å². The molecule has 272 valence electrons. The number of hydrogen-bond donors (Lipinski definition) is 7. The van der Waals surface area contributed by atoms with Crippen molar-refractivity contribution in [1.29, 1.82) is 0 Å². The fourth-order valence-electron chi connectivity index (χ4n) is 5.29. The minimum atomic E-state index is -0.467. The highest BCUT2D eigenvalue weighted by atomic mass is 16.2. The maximum Gasteiger partial charge on any atom is 0.354 e. The molecule has 0 aliphatic heterocycles. The topological polar surface area (TPSA) is 208 Å². The summed E-state index contributed by atoms with van der Waals surface area (Å²) in [6.07, 6.45) is 6.73. The number of primary amides is 1. The van der Waals surface area contributed by atoms with Gasteiger partial charge in [-0.2, -0.15) is 4.98 Å². The third kappa shape index (κ3) is 13.0. The lowest BCUT2D eigenvalue weighted by Gasteiger charge is -2.21. The van der Waals surface area contributed by atoms with Gasteiger partial charge in [0, 0.05) is 42.3 Å². The first-order chi connectivity index (χ1) is 23.6. The molecule has 0 saturated carbocycles. The molecule has 2 aromatic heterocycles. The number of nitrogens with one attached hydrogen (secondary N) is 3. The number of rotatable bonds is 14. The lowest BCUT2D eigenvalue weighted by Crippen LogP contribution is -2.31. The van der Waals surface area contributed by atoms with Crippen LogP contribution in [0.25, 0.3) is 16.7 Å². The molecule has 0 aliphatic carbocycles. The summed E-state index contributed by atoms with van der Waals surface area (Å²) in [6, 6.07) is 16.2. The molecule has 0 saturated heterocycles. The monoisotopic (exact) mass is 686 g/mol. The quantitative estimate of drug-likeness (QED) is 0.0582. The van der Waals surface area contributed by atoms with Gasteiger partial charge in [0.1, 0.15) is 5.65 Å². The maximum atomic E-state index is 12.5. The maximum absolute atomic E-state index is 12.5. The second kappa shape index (κ2) is 18.4. The summed E-state index contributed by atoms with van der Waals surface area (Å²) in [5.41, 5.74) is 28.6. The van der Waals surface area contributed by atoms with E-state index in [0.29, 0.717) is 18.7 Å². The van der Waals surface area contributed by atoms with Crippen LogP contribution < -0.4 is 39.3 Å². The fraction of sp³-hybridized carbons (Fsp3) is 0.474. The Kier molecular flexibility index (Phi) is 14.6. The highest BCUT2D eigenvalue weighted by molar-refractivity contribution is 5.76. The smallest absolute Gasteiger partial charge is 0.354 e. The number of unbranched alkanes of at least 4 members (excludes halogenated alkanes) is 1. The van der Waals surface area contributed by atoms with Gasteiger partial charge in [0.15, 0.2) is 5.96 Å². The Balaban J connectivity index is 0.000000286. The van der Waals surface area contributed by atoms with Crippen molar-refractivity contribution in [3.05, 3.63) is 93.2 Å². The van der Waals surface area contributed by atoms with Crippen molar-refractivity contribution in [2.45, 2.75) is 91.0 Å². The van der Waals surface area contributed by atoms with Crippen molar-refractivity contribution in [2.24, 2.45) is 27.9 Å². The summed E-state index contributed by atoms with van der Waals surface area (Å²) in [7, 11) is 0. The van der Waals surface area contributed by atoms with Crippen molar-refractivity contribution in [2.75, 3.05) is 26.2 Å². The summed E-state index contributed by atoms with van der Waals surface area (Å²) in [4.78, 5) is 34.7. The number of carbonyl (C=O) groups is 1. The Morgan fingerprint density at radius 3 is 2.14 bits per heavy atom. The largest absolute Gasteiger partial charge is 0.370 e. The summed E-state index contributed by atoms with van der Waals surface area (Å²) >= 11 is 0. The van der Waals surface area contributed by atoms with E-state index in [2.05, 4.69) is 91.4 Å². The number of aromatic amines is 1. The van der Waals surface area contributed by atoms with E-state index < -0.39 is 6.03 Å². The first-order valence-electron chi connectivity index (χ1n) is 17.4. The van der Waals surface area contributed by atoms with E-state index in [0.717, 1.165) is 74.1 Å². The number of aromatic nitrogens is 3. The van der Waals surface area contributed by atoms with Crippen LogP contribution in [0.15, 0.2) is 64.5 Å². The Morgan fingerprint density at radius 1 is 0.860 bits per heavy atom. The number of guanidine groups is 1. The van der Waals surface area contributed by atoms with Crippen LogP contribution in [0.3, 0.4) is 0 Å². The van der Waals surface area contributed by atoms with Crippen LogP contribution in [-0.4, -0.2) is 52.7 Å². The molecule has 0 bridgehead atoms. The van der Waals surface area contributed by atoms with Crippen molar-refractivity contribution in [3.63, 3.8) is 0 Å². The van der Waals surface area contributed by atoms with E-state index in [1.165, 1.54) is 16.7 Å². The molecule has 0 fully saturated rings. The number of aliphatic imine (C=N–C) groups is 1. The molecule has 12 heteroatoms. The van der Waals surface area contributed by atoms with Gasteiger partial charge in [-0.3, -0.25) is 9.56 Å². The zero-order valence-corrected chi connectivity index (χ0v) is 30.7. The normalized spacial score (nSPS) is 11.6. The number of hydrogen-bond acceptors (Lipinski definition) is 6. The zero-order chi connectivity index (χ0) is 36.9. The van der Waals surface area contributed by atoms with Gasteiger partial charge in [-0.05, 0) is 91.1 Å². The second-order valence-corrected chi connectivity index (χ2v) is 14.7. The second-order valence-electron chi connectivity index (χ2n) is 14.7. The van der Waals surface area contributed by atoms with Crippen LogP contribution >= 0.6 is 0 Å². The average Bonchev–Trinajstić information content (AvgIpc) is 3.46. The van der Waals surface area contributed by atoms with E-state index >= 15 is 0 Å². The fourth-order valence-corrected chi connectivity index (χ4v) is 5.29. The Bertz CT molecular complexity index is 1760. The van der Waals surface area contributed by atoms with Gasteiger partial charge in [-0.25, -0.2) is 9.59 Å². The van der Waals surface area contributed by atoms with E-state index in [9.17, 15) is 9.59 Å². The Labute approximate surface area is 296 Å². The van der Waals surface area contributed by atoms with Gasteiger partial charge in [-0.15, -0.1) is 0 Å². The molecule has 11 N–H and O–H groups in total. The van der Waals surface area contributed by atoms with Gasteiger partial charge >= 0.3 is 11.7 Å². The summed E-state index contributed by atoms with van der Waals surface area (Å²) in [5, 5.41) is 6.92. The van der Waals surface area contributed by atoms with Gasteiger partial charge < -0.3 is 38.6 Å². The molecule has 0 atom stereocenters. The van der Waals surface area contributed by atoms with Crippen molar-refractivity contribution >= 4 is 23.0 Å². The van der Waals surface area contributed by atoms with Crippen LogP contribution in [0.4, 0.5) is 4.79 Å². The number of aryl methyl sites for hydroxylation is 1. The molecule has 4 aromatic rings. The zero-order valence-electron chi connectivity index (χ0n) is 30.7. The number of amides is 2. The molecule has 12 nitrogen and oxygen atoms in total.